The zero-order valence-electron chi connectivity index (χ0n) is 18.4. The summed E-state index contributed by atoms with van der Waals surface area (Å²) in [5, 5.41) is 0. The van der Waals surface area contributed by atoms with E-state index in [9.17, 15) is 0 Å². The van der Waals surface area contributed by atoms with Gasteiger partial charge in [-0.1, -0.05) is 32.9 Å². The fourth-order valence-corrected chi connectivity index (χ4v) is 3.91. The maximum absolute atomic E-state index is 6.41. The molecule has 5 rings (SSSR count). The molecule has 7 heteroatoms. The first-order valence-corrected chi connectivity index (χ1v) is 10.6. The van der Waals surface area contributed by atoms with E-state index >= 15 is 0 Å². The summed E-state index contributed by atoms with van der Waals surface area (Å²) < 4.78 is 18.6. The molecule has 2 aliphatic rings. The largest absolute Gasteiger partial charge is 0.477 e. The fourth-order valence-electron chi connectivity index (χ4n) is 3.91. The van der Waals surface area contributed by atoms with Crippen LogP contribution < -0.4 is 15.2 Å². The molecular weight excluding hydrogens is 404 g/mol. The molecule has 1 spiro atoms. The number of nitrogens with zero attached hydrogens (tertiary/aromatic N) is 3. The summed E-state index contributed by atoms with van der Waals surface area (Å²) in [5.74, 6) is 1.77. The van der Waals surface area contributed by atoms with Crippen LogP contribution in [0, 0.1) is 5.41 Å². The lowest BCUT2D eigenvalue weighted by Gasteiger charge is -2.40. The molecule has 1 unspecified atom stereocenters. The van der Waals surface area contributed by atoms with Crippen LogP contribution in [-0.4, -0.2) is 35.6 Å². The zero-order chi connectivity index (χ0) is 22.3. The van der Waals surface area contributed by atoms with Crippen LogP contribution in [0.3, 0.4) is 0 Å². The Hall–Kier alpha value is -3.29. The summed E-state index contributed by atoms with van der Waals surface area (Å²) in [6, 6.07) is 11.8. The molecule has 1 aromatic carbocycles. The van der Waals surface area contributed by atoms with Crippen LogP contribution in [0.4, 0.5) is 0 Å². The third kappa shape index (κ3) is 3.74. The lowest BCUT2D eigenvalue weighted by molar-refractivity contribution is -0.0315. The van der Waals surface area contributed by atoms with Crippen molar-refractivity contribution in [2.75, 3.05) is 13.2 Å². The Morgan fingerprint density at radius 1 is 1.09 bits per heavy atom. The molecule has 2 atom stereocenters. The summed E-state index contributed by atoms with van der Waals surface area (Å²) in [4.78, 5) is 13.2. The summed E-state index contributed by atoms with van der Waals surface area (Å²) >= 11 is 0. The number of aliphatic imine (C=N–C) groups is 1. The molecule has 2 N–H and O–H groups in total. The Labute approximate surface area is 187 Å². The second-order valence-corrected chi connectivity index (χ2v) is 9.31. The fraction of sp³-hybridized carbons (Fsp3) is 0.320. The van der Waals surface area contributed by atoms with Gasteiger partial charge in [-0.3, -0.25) is 9.98 Å². The minimum Gasteiger partial charge on any atom is -0.477 e. The van der Waals surface area contributed by atoms with Crippen LogP contribution >= 0.6 is 0 Å². The number of ether oxygens (including phenoxy) is 3. The Balaban J connectivity index is 1.64. The van der Waals surface area contributed by atoms with Gasteiger partial charge in [0.05, 0.1) is 19.3 Å². The number of pyridine rings is 2. The van der Waals surface area contributed by atoms with E-state index in [1.54, 1.807) is 12.4 Å². The molecule has 0 saturated heterocycles. The average molecular weight is 431 g/mol. The number of hydrogen-bond acceptors (Lipinski definition) is 7. The molecule has 0 radical (unpaired) electrons. The second-order valence-electron chi connectivity index (χ2n) is 9.31. The van der Waals surface area contributed by atoms with E-state index in [2.05, 4.69) is 41.8 Å². The molecule has 32 heavy (non-hydrogen) atoms. The summed E-state index contributed by atoms with van der Waals surface area (Å²) in [6.45, 7) is 7.27. The second kappa shape index (κ2) is 7.69. The van der Waals surface area contributed by atoms with Crippen molar-refractivity contribution in [3.8, 4) is 28.5 Å². The van der Waals surface area contributed by atoms with Gasteiger partial charge in [-0.05, 0) is 29.2 Å². The van der Waals surface area contributed by atoms with Crippen LogP contribution in [0.2, 0.25) is 0 Å². The van der Waals surface area contributed by atoms with Crippen molar-refractivity contribution in [3.05, 3.63) is 66.1 Å². The lowest BCUT2D eigenvalue weighted by Crippen LogP contribution is -2.46. The van der Waals surface area contributed by atoms with E-state index < -0.39 is 11.8 Å². The number of nitrogens with two attached hydrogens (primary N) is 1. The maximum Gasteiger partial charge on any atom is 0.213 e. The highest BCUT2D eigenvalue weighted by atomic mass is 16.5. The third-order valence-electron chi connectivity index (χ3n) is 5.39. The number of hydrogen-bond donors (Lipinski definition) is 1. The quantitative estimate of drug-likeness (QED) is 0.666. The highest BCUT2D eigenvalue weighted by molar-refractivity contribution is 5.83. The molecule has 0 bridgehead atoms. The predicted octanol–water partition coefficient (Wildman–Crippen LogP) is 4.30. The summed E-state index contributed by atoms with van der Waals surface area (Å²) in [5.41, 5.74) is 8.82. The SMILES string of the molecule is CC(C)(C)COc1cc2c(cn1)Oc1ccc(-c3cccnc3)cc1[C@@]21C=NCC(N)O1. The van der Waals surface area contributed by atoms with Crippen molar-refractivity contribution in [1.82, 2.24) is 9.97 Å². The van der Waals surface area contributed by atoms with Gasteiger partial charge in [0, 0.05) is 41.4 Å². The lowest BCUT2D eigenvalue weighted by atomic mass is 9.82. The minimum atomic E-state index is -0.998. The standard InChI is InChI=1S/C25H26N4O3/c1-24(2,3)15-30-23-10-19-21(12-29-23)31-20-7-6-16(17-5-4-8-27-11-17)9-18(20)25(19)14-28-13-22(26)32-25/h4-12,14,22H,13,15,26H2,1-3H3/t22?,25-/m0/s1. The number of fused-ring (bicyclic) bond motifs is 4. The summed E-state index contributed by atoms with van der Waals surface area (Å²) in [7, 11) is 0. The number of aromatic nitrogens is 2. The molecule has 4 heterocycles. The van der Waals surface area contributed by atoms with Crippen molar-refractivity contribution in [2.24, 2.45) is 16.1 Å². The molecule has 3 aromatic rings. The molecule has 0 amide bonds. The zero-order valence-corrected chi connectivity index (χ0v) is 18.4. The van der Waals surface area contributed by atoms with E-state index in [4.69, 9.17) is 19.9 Å². The first kappa shape index (κ1) is 20.6. The van der Waals surface area contributed by atoms with Gasteiger partial charge in [-0.15, -0.1) is 0 Å². The van der Waals surface area contributed by atoms with Crippen molar-refractivity contribution in [1.29, 1.82) is 0 Å². The van der Waals surface area contributed by atoms with E-state index in [-0.39, 0.29) is 5.41 Å². The minimum absolute atomic E-state index is 0.00212. The van der Waals surface area contributed by atoms with Gasteiger partial charge in [0.15, 0.2) is 11.4 Å². The van der Waals surface area contributed by atoms with E-state index in [1.807, 2.05) is 42.7 Å². The molecular formula is C25H26N4O3. The Morgan fingerprint density at radius 2 is 1.94 bits per heavy atom. The van der Waals surface area contributed by atoms with Crippen LogP contribution in [0.5, 0.6) is 17.4 Å². The van der Waals surface area contributed by atoms with Crippen LogP contribution in [0.25, 0.3) is 11.1 Å². The Morgan fingerprint density at radius 3 is 2.69 bits per heavy atom. The van der Waals surface area contributed by atoms with Gasteiger partial charge in [0.2, 0.25) is 5.88 Å². The predicted molar refractivity (Wildman–Crippen MR) is 122 cm³/mol. The van der Waals surface area contributed by atoms with Crippen LogP contribution in [-0.2, 0) is 10.3 Å². The number of benzene rings is 1. The first-order valence-electron chi connectivity index (χ1n) is 10.6. The highest BCUT2D eigenvalue weighted by Crippen LogP contribution is 2.50. The van der Waals surface area contributed by atoms with Crippen molar-refractivity contribution >= 4 is 6.21 Å². The molecule has 164 valence electrons. The van der Waals surface area contributed by atoms with Crippen LogP contribution in [0.1, 0.15) is 31.9 Å². The highest BCUT2D eigenvalue weighted by Gasteiger charge is 2.46. The smallest absolute Gasteiger partial charge is 0.213 e. The van der Waals surface area contributed by atoms with Gasteiger partial charge in [-0.25, -0.2) is 4.98 Å². The molecule has 0 saturated carbocycles. The van der Waals surface area contributed by atoms with Gasteiger partial charge >= 0.3 is 0 Å². The van der Waals surface area contributed by atoms with E-state index in [0.29, 0.717) is 30.5 Å². The van der Waals surface area contributed by atoms with Gasteiger partial charge < -0.3 is 19.9 Å². The van der Waals surface area contributed by atoms with Crippen molar-refractivity contribution in [3.63, 3.8) is 0 Å². The molecule has 2 aliphatic heterocycles. The normalized spacial score (nSPS) is 21.6. The molecule has 0 aliphatic carbocycles. The van der Waals surface area contributed by atoms with Crippen molar-refractivity contribution in [2.45, 2.75) is 32.6 Å². The topological polar surface area (TPSA) is 91.9 Å². The van der Waals surface area contributed by atoms with Crippen molar-refractivity contribution < 1.29 is 14.2 Å². The Kier molecular flexibility index (Phi) is 4.95. The van der Waals surface area contributed by atoms with E-state index in [1.165, 1.54) is 0 Å². The number of rotatable bonds is 3. The molecule has 7 nitrogen and oxygen atoms in total. The third-order valence-corrected chi connectivity index (χ3v) is 5.39. The van der Waals surface area contributed by atoms with E-state index in [0.717, 1.165) is 22.3 Å². The van der Waals surface area contributed by atoms with Gasteiger partial charge in [0.1, 0.15) is 12.0 Å². The molecule has 2 aromatic heterocycles. The Bertz CT molecular complexity index is 1170. The van der Waals surface area contributed by atoms with Crippen LogP contribution in [0.15, 0.2) is 60.0 Å². The first-order chi connectivity index (χ1) is 15.3. The summed E-state index contributed by atoms with van der Waals surface area (Å²) in [6.07, 6.45) is 6.52. The maximum atomic E-state index is 6.41. The van der Waals surface area contributed by atoms with Gasteiger partial charge in [0.25, 0.3) is 0 Å². The monoisotopic (exact) mass is 430 g/mol. The van der Waals surface area contributed by atoms with Gasteiger partial charge in [-0.2, -0.15) is 0 Å². The average Bonchev–Trinajstić information content (AvgIpc) is 2.78. The molecule has 0 fully saturated rings.